The molecular formula is C27H37ClN4O3S. The molecule has 0 spiro atoms. The zero-order chi connectivity index (χ0) is 25.4. The molecule has 2 aromatic carbocycles. The number of piperidine rings is 1. The van der Waals surface area contributed by atoms with Gasteiger partial charge in [0, 0.05) is 36.9 Å². The van der Waals surface area contributed by atoms with Crippen LogP contribution >= 0.6 is 12.4 Å². The van der Waals surface area contributed by atoms with Crippen LogP contribution in [0.5, 0.6) is 0 Å². The molecule has 7 nitrogen and oxygen atoms in total. The standard InChI is InChI=1S/C27H36N4O3S.ClH/c1-4-14-30(20-23-12-15-31(16-13-23)35(3,33)34)21(2)17-24-6-5-7-26(18-24)29-27(32)25-10-8-22(19-28)9-11-25;/h5-11,18,21,23H,4,12-17,20H2,1-3H3,(H,29,32);1H/t21-;/m1./s1. The first-order valence-corrected chi connectivity index (χ1v) is 14.1. The highest BCUT2D eigenvalue weighted by Gasteiger charge is 2.27. The number of sulfonamides is 1. The number of rotatable bonds is 10. The number of hydrogen-bond acceptors (Lipinski definition) is 5. The van der Waals surface area contributed by atoms with Crippen molar-refractivity contribution in [1.29, 1.82) is 5.26 Å². The minimum Gasteiger partial charge on any atom is -0.322 e. The lowest BCUT2D eigenvalue weighted by molar-refractivity contribution is 0.102. The van der Waals surface area contributed by atoms with Crippen LogP contribution in [-0.4, -0.2) is 62.0 Å². The number of carbonyl (C=O) groups is 1. The summed E-state index contributed by atoms with van der Waals surface area (Å²) in [5.74, 6) is 0.299. The number of nitrogens with zero attached hydrogens (tertiary/aromatic N) is 3. The number of benzene rings is 2. The Balaban J connectivity index is 0.00000456. The quantitative estimate of drug-likeness (QED) is 0.484. The molecule has 1 amide bonds. The SMILES string of the molecule is CCCN(CC1CCN(S(C)(=O)=O)CC1)[C@H](C)Cc1cccc(NC(=O)c2ccc(C#N)cc2)c1.Cl. The Labute approximate surface area is 221 Å². The lowest BCUT2D eigenvalue weighted by Gasteiger charge is -2.36. The van der Waals surface area contributed by atoms with Crippen molar-refractivity contribution in [2.45, 2.75) is 45.6 Å². The summed E-state index contributed by atoms with van der Waals surface area (Å²) in [6.07, 6.45) is 5.02. The van der Waals surface area contributed by atoms with Crippen molar-refractivity contribution in [3.63, 3.8) is 0 Å². The lowest BCUT2D eigenvalue weighted by atomic mass is 9.96. The molecule has 1 saturated heterocycles. The van der Waals surface area contributed by atoms with E-state index >= 15 is 0 Å². The lowest BCUT2D eigenvalue weighted by Crippen LogP contribution is -2.44. The van der Waals surface area contributed by atoms with E-state index in [9.17, 15) is 13.2 Å². The second-order valence-corrected chi connectivity index (χ2v) is 11.5. The van der Waals surface area contributed by atoms with E-state index in [1.54, 1.807) is 28.6 Å². The summed E-state index contributed by atoms with van der Waals surface area (Å²) in [6, 6.07) is 16.9. The van der Waals surface area contributed by atoms with Crippen molar-refractivity contribution < 1.29 is 13.2 Å². The molecule has 9 heteroatoms. The van der Waals surface area contributed by atoms with E-state index in [4.69, 9.17) is 5.26 Å². The summed E-state index contributed by atoms with van der Waals surface area (Å²) >= 11 is 0. The molecule has 1 fully saturated rings. The molecule has 0 unspecified atom stereocenters. The second-order valence-electron chi connectivity index (χ2n) is 9.50. The molecule has 36 heavy (non-hydrogen) atoms. The van der Waals surface area contributed by atoms with Crippen LogP contribution < -0.4 is 5.32 Å². The molecule has 0 aliphatic carbocycles. The van der Waals surface area contributed by atoms with Crippen LogP contribution in [0, 0.1) is 17.2 Å². The maximum atomic E-state index is 12.6. The summed E-state index contributed by atoms with van der Waals surface area (Å²) in [6.45, 7) is 7.62. The summed E-state index contributed by atoms with van der Waals surface area (Å²) in [5, 5.41) is 11.9. The highest BCUT2D eigenvalue weighted by Crippen LogP contribution is 2.23. The van der Waals surface area contributed by atoms with Gasteiger partial charge in [0.05, 0.1) is 17.9 Å². The largest absolute Gasteiger partial charge is 0.322 e. The van der Waals surface area contributed by atoms with Crippen molar-refractivity contribution in [2.75, 3.05) is 37.8 Å². The zero-order valence-corrected chi connectivity index (χ0v) is 22.9. The van der Waals surface area contributed by atoms with Gasteiger partial charge in [-0.15, -0.1) is 12.4 Å². The van der Waals surface area contributed by atoms with Crippen LogP contribution in [0.25, 0.3) is 0 Å². The van der Waals surface area contributed by atoms with Gasteiger partial charge in [0.2, 0.25) is 10.0 Å². The van der Waals surface area contributed by atoms with Gasteiger partial charge in [0.25, 0.3) is 5.91 Å². The third kappa shape index (κ3) is 8.59. The highest BCUT2D eigenvalue weighted by atomic mass is 35.5. The third-order valence-corrected chi connectivity index (χ3v) is 7.96. The van der Waals surface area contributed by atoms with Gasteiger partial charge in [-0.3, -0.25) is 4.79 Å². The van der Waals surface area contributed by atoms with Crippen molar-refractivity contribution >= 4 is 34.0 Å². The first-order valence-electron chi connectivity index (χ1n) is 12.3. The predicted octanol–water partition coefficient (Wildman–Crippen LogP) is 4.55. The second kappa shape index (κ2) is 13.8. The molecule has 0 saturated carbocycles. The van der Waals surface area contributed by atoms with Gasteiger partial charge < -0.3 is 10.2 Å². The molecule has 3 rings (SSSR count). The molecular weight excluding hydrogens is 496 g/mol. The fourth-order valence-electron chi connectivity index (χ4n) is 4.68. The van der Waals surface area contributed by atoms with Crippen molar-refractivity contribution in [2.24, 2.45) is 5.92 Å². The fraction of sp³-hybridized carbons (Fsp3) is 0.481. The topological polar surface area (TPSA) is 93.5 Å². The average Bonchev–Trinajstić information content (AvgIpc) is 2.84. The monoisotopic (exact) mass is 532 g/mol. The summed E-state index contributed by atoms with van der Waals surface area (Å²) < 4.78 is 25.2. The van der Waals surface area contributed by atoms with Crippen LogP contribution in [0.4, 0.5) is 5.69 Å². The van der Waals surface area contributed by atoms with Crippen molar-refractivity contribution in [1.82, 2.24) is 9.21 Å². The molecule has 1 atom stereocenters. The third-order valence-electron chi connectivity index (χ3n) is 6.66. The molecule has 0 radical (unpaired) electrons. The zero-order valence-electron chi connectivity index (χ0n) is 21.3. The Morgan fingerprint density at radius 1 is 1.19 bits per heavy atom. The van der Waals surface area contributed by atoms with E-state index < -0.39 is 10.0 Å². The van der Waals surface area contributed by atoms with Crippen LogP contribution in [0.3, 0.4) is 0 Å². The van der Waals surface area contributed by atoms with E-state index in [2.05, 4.69) is 36.2 Å². The molecule has 196 valence electrons. The van der Waals surface area contributed by atoms with Crippen molar-refractivity contribution in [3.8, 4) is 6.07 Å². The van der Waals surface area contributed by atoms with E-state index in [1.807, 2.05) is 18.2 Å². The first-order chi connectivity index (χ1) is 16.7. The van der Waals surface area contributed by atoms with Gasteiger partial charge >= 0.3 is 0 Å². The van der Waals surface area contributed by atoms with E-state index in [-0.39, 0.29) is 18.3 Å². The Hall–Kier alpha value is -2.44. The van der Waals surface area contributed by atoms with Gasteiger partial charge in [-0.05, 0) is 87.0 Å². The normalized spacial score (nSPS) is 15.6. The van der Waals surface area contributed by atoms with Gasteiger partial charge in [-0.25, -0.2) is 12.7 Å². The van der Waals surface area contributed by atoms with Gasteiger partial charge in [-0.2, -0.15) is 5.26 Å². The Kier molecular flexibility index (Phi) is 11.4. The van der Waals surface area contributed by atoms with Crippen LogP contribution in [-0.2, 0) is 16.4 Å². The highest BCUT2D eigenvalue weighted by molar-refractivity contribution is 7.88. The molecule has 1 aliphatic heterocycles. The number of nitriles is 1. The minimum absolute atomic E-state index is 0. The van der Waals surface area contributed by atoms with Crippen molar-refractivity contribution in [3.05, 3.63) is 65.2 Å². The summed E-state index contributed by atoms with van der Waals surface area (Å²) in [7, 11) is -3.10. The Bertz CT molecular complexity index is 1140. The van der Waals surface area contributed by atoms with Crippen LogP contribution in [0.15, 0.2) is 48.5 Å². The number of hydrogen-bond donors (Lipinski definition) is 1. The molecule has 0 aromatic heterocycles. The van der Waals surface area contributed by atoms with Gasteiger partial charge in [-0.1, -0.05) is 19.1 Å². The van der Waals surface area contributed by atoms with E-state index in [0.29, 0.717) is 36.2 Å². The smallest absolute Gasteiger partial charge is 0.255 e. The first kappa shape index (κ1) is 29.8. The fourth-order valence-corrected chi connectivity index (χ4v) is 5.55. The molecule has 0 bridgehead atoms. The predicted molar refractivity (Wildman–Crippen MR) is 147 cm³/mol. The van der Waals surface area contributed by atoms with Crippen LogP contribution in [0.2, 0.25) is 0 Å². The molecule has 2 aromatic rings. The summed E-state index contributed by atoms with van der Waals surface area (Å²) in [4.78, 5) is 15.1. The number of anilines is 1. The molecule has 1 N–H and O–H groups in total. The van der Waals surface area contributed by atoms with Gasteiger partial charge in [0.15, 0.2) is 0 Å². The maximum absolute atomic E-state index is 12.6. The maximum Gasteiger partial charge on any atom is 0.255 e. The van der Waals surface area contributed by atoms with E-state index in [0.717, 1.165) is 50.0 Å². The Morgan fingerprint density at radius 3 is 2.44 bits per heavy atom. The summed E-state index contributed by atoms with van der Waals surface area (Å²) in [5.41, 5.74) is 2.94. The van der Waals surface area contributed by atoms with E-state index in [1.165, 1.54) is 6.26 Å². The number of halogens is 1. The Morgan fingerprint density at radius 2 is 1.86 bits per heavy atom. The van der Waals surface area contributed by atoms with Crippen LogP contribution in [0.1, 0.15) is 54.6 Å². The number of carbonyl (C=O) groups excluding carboxylic acids is 1. The molecule has 1 heterocycles. The average molecular weight is 533 g/mol. The minimum atomic E-state index is -3.10. The molecule has 1 aliphatic rings. The number of nitrogens with one attached hydrogen (secondary N) is 1. The van der Waals surface area contributed by atoms with Gasteiger partial charge in [0.1, 0.15) is 0 Å². The number of amides is 1.